The van der Waals surface area contributed by atoms with Gasteiger partial charge in [0, 0.05) is 25.1 Å². The highest BCUT2D eigenvalue weighted by atomic mass is 19.1. The van der Waals surface area contributed by atoms with E-state index in [1.807, 2.05) is 24.3 Å². The molecular formula is C20H22FN5O2. The first-order valence-corrected chi connectivity index (χ1v) is 9.11. The maximum absolute atomic E-state index is 13.8. The molecule has 2 heterocycles. The quantitative estimate of drug-likeness (QED) is 0.702. The smallest absolute Gasteiger partial charge is 0.351 e. The Morgan fingerprint density at radius 1 is 1.18 bits per heavy atom. The largest absolute Gasteiger partial charge is 0.497 e. The SMILES string of the molecule is COc1cc(F)cc(Cn2c(C)nn(-c3ccc(C4CNNC4)cc3)c2=O)c1. The van der Waals surface area contributed by atoms with E-state index >= 15 is 0 Å². The van der Waals surface area contributed by atoms with Crippen LogP contribution in [0.4, 0.5) is 4.39 Å². The molecule has 146 valence electrons. The summed E-state index contributed by atoms with van der Waals surface area (Å²) in [4.78, 5) is 12.9. The molecule has 0 aliphatic carbocycles. The lowest BCUT2D eigenvalue weighted by molar-refractivity contribution is 0.410. The second-order valence-electron chi connectivity index (χ2n) is 6.88. The minimum atomic E-state index is -0.404. The van der Waals surface area contributed by atoms with Gasteiger partial charge in [-0.15, -0.1) is 0 Å². The van der Waals surface area contributed by atoms with Gasteiger partial charge in [-0.2, -0.15) is 9.78 Å². The number of benzene rings is 2. The molecule has 28 heavy (non-hydrogen) atoms. The standard InChI is InChI=1S/C20H22FN5O2/c1-13-24-26(18-5-3-15(4-6-18)16-10-22-23-11-16)20(27)25(13)12-14-7-17(21)9-19(8-14)28-2/h3-9,16,22-23H,10-12H2,1-2H3. The molecule has 0 saturated carbocycles. The van der Waals surface area contributed by atoms with E-state index in [-0.39, 0.29) is 12.2 Å². The van der Waals surface area contributed by atoms with Crippen molar-refractivity contribution in [1.29, 1.82) is 0 Å². The molecule has 0 atom stereocenters. The van der Waals surface area contributed by atoms with Gasteiger partial charge < -0.3 is 4.74 Å². The molecule has 0 radical (unpaired) electrons. The number of hydrazine groups is 1. The Kier molecular flexibility index (Phi) is 4.97. The van der Waals surface area contributed by atoms with Crippen LogP contribution in [0.25, 0.3) is 5.69 Å². The first-order valence-electron chi connectivity index (χ1n) is 9.11. The maximum atomic E-state index is 13.8. The average molecular weight is 383 g/mol. The fourth-order valence-electron chi connectivity index (χ4n) is 3.44. The van der Waals surface area contributed by atoms with E-state index in [2.05, 4.69) is 16.0 Å². The first kappa shape index (κ1) is 18.4. The summed E-state index contributed by atoms with van der Waals surface area (Å²) >= 11 is 0. The third kappa shape index (κ3) is 3.56. The number of halogens is 1. The molecule has 1 saturated heterocycles. The van der Waals surface area contributed by atoms with Crippen LogP contribution in [-0.2, 0) is 6.54 Å². The zero-order valence-electron chi connectivity index (χ0n) is 15.8. The summed E-state index contributed by atoms with van der Waals surface area (Å²) in [6.07, 6.45) is 0. The molecule has 1 aliphatic rings. The van der Waals surface area contributed by atoms with E-state index < -0.39 is 5.82 Å². The number of hydrogen-bond acceptors (Lipinski definition) is 5. The number of ether oxygens (including phenoxy) is 1. The fraction of sp³-hybridized carbons (Fsp3) is 0.300. The maximum Gasteiger partial charge on any atom is 0.351 e. The molecule has 0 unspecified atom stereocenters. The minimum Gasteiger partial charge on any atom is -0.497 e. The number of nitrogens with one attached hydrogen (secondary N) is 2. The van der Waals surface area contributed by atoms with Crippen LogP contribution in [0.1, 0.15) is 22.9 Å². The molecule has 1 aliphatic heterocycles. The lowest BCUT2D eigenvalue weighted by Crippen LogP contribution is -2.24. The van der Waals surface area contributed by atoms with Gasteiger partial charge in [-0.1, -0.05) is 12.1 Å². The van der Waals surface area contributed by atoms with Crippen LogP contribution in [0.15, 0.2) is 47.3 Å². The predicted octanol–water partition coefficient (Wildman–Crippen LogP) is 1.73. The minimum absolute atomic E-state index is 0.219. The summed E-state index contributed by atoms with van der Waals surface area (Å²) < 4.78 is 21.8. The van der Waals surface area contributed by atoms with Gasteiger partial charge in [0.2, 0.25) is 0 Å². The van der Waals surface area contributed by atoms with E-state index in [4.69, 9.17) is 4.74 Å². The summed E-state index contributed by atoms with van der Waals surface area (Å²) in [5, 5.41) is 4.39. The van der Waals surface area contributed by atoms with Crippen molar-refractivity contribution in [3.8, 4) is 11.4 Å². The molecule has 2 N–H and O–H groups in total. The Balaban J connectivity index is 1.62. The highest BCUT2D eigenvalue weighted by Gasteiger charge is 2.17. The van der Waals surface area contributed by atoms with Crippen LogP contribution in [0.2, 0.25) is 0 Å². The molecule has 0 bridgehead atoms. The third-order valence-corrected chi connectivity index (χ3v) is 4.99. The van der Waals surface area contributed by atoms with Gasteiger partial charge in [0.05, 0.1) is 19.3 Å². The molecule has 1 fully saturated rings. The number of methoxy groups -OCH3 is 1. The van der Waals surface area contributed by atoms with Crippen molar-refractivity contribution in [1.82, 2.24) is 25.2 Å². The molecule has 0 spiro atoms. The molecule has 7 nitrogen and oxygen atoms in total. The van der Waals surface area contributed by atoms with Crippen LogP contribution in [0.3, 0.4) is 0 Å². The van der Waals surface area contributed by atoms with Crippen molar-refractivity contribution < 1.29 is 9.13 Å². The van der Waals surface area contributed by atoms with Crippen molar-refractivity contribution in [2.45, 2.75) is 19.4 Å². The van der Waals surface area contributed by atoms with Crippen LogP contribution in [0.5, 0.6) is 5.75 Å². The molecule has 2 aromatic carbocycles. The van der Waals surface area contributed by atoms with Crippen molar-refractivity contribution in [2.24, 2.45) is 0 Å². The number of hydrogen-bond donors (Lipinski definition) is 2. The molecule has 3 aromatic rings. The van der Waals surface area contributed by atoms with Gasteiger partial charge in [0.15, 0.2) is 0 Å². The summed E-state index contributed by atoms with van der Waals surface area (Å²) in [5.74, 6) is 0.980. The highest BCUT2D eigenvalue weighted by molar-refractivity contribution is 5.36. The second kappa shape index (κ2) is 7.57. The summed E-state index contributed by atoms with van der Waals surface area (Å²) in [6.45, 7) is 3.74. The van der Waals surface area contributed by atoms with Crippen molar-refractivity contribution in [3.05, 3.63) is 75.7 Å². The van der Waals surface area contributed by atoms with E-state index in [1.165, 1.54) is 34.1 Å². The molecule has 4 rings (SSSR count). The Morgan fingerprint density at radius 2 is 1.89 bits per heavy atom. The van der Waals surface area contributed by atoms with Crippen LogP contribution in [-0.4, -0.2) is 34.5 Å². The lowest BCUT2D eigenvalue weighted by atomic mass is 10.0. The Hall–Kier alpha value is -2.97. The normalized spacial score (nSPS) is 14.5. The van der Waals surface area contributed by atoms with Gasteiger partial charge in [0.25, 0.3) is 0 Å². The third-order valence-electron chi connectivity index (χ3n) is 4.99. The molecule has 8 heteroatoms. The summed E-state index contributed by atoms with van der Waals surface area (Å²) in [7, 11) is 1.48. The molecular weight excluding hydrogens is 361 g/mol. The summed E-state index contributed by atoms with van der Waals surface area (Å²) in [6, 6.07) is 12.3. The Labute approximate surface area is 161 Å². The topological polar surface area (TPSA) is 73.1 Å². The van der Waals surface area contributed by atoms with Crippen molar-refractivity contribution >= 4 is 0 Å². The van der Waals surface area contributed by atoms with E-state index in [0.29, 0.717) is 28.7 Å². The monoisotopic (exact) mass is 383 g/mol. The van der Waals surface area contributed by atoms with Gasteiger partial charge in [-0.3, -0.25) is 15.4 Å². The van der Waals surface area contributed by atoms with Gasteiger partial charge >= 0.3 is 5.69 Å². The zero-order valence-corrected chi connectivity index (χ0v) is 15.8. The summed E-state index contributed by atoms with van der Waals surface area (Å²) in [5.41, 5.74) is 8.51. The fourth-order valence-corrected chi connectivity index (χ4v) is 3.44. The molecule has 0 amide bonds. The van der Waals surface area contributed by atoms with E-state index in [0.717, 1.165) is 13.1 Å². The zero-order chi connectivity index (χ0) is 19.7. The Bertz CT molecular complexity index is 1040. The number of rotatable bonds is 5. The van der Waals surface area contributed by atoms with Gasteiger partial charge in [-0.05, 0) is 42.3 Å². The van der Waals surface area contributed by atoms with Crippen LogP contribution < -0.4 is 21.3 Å². The van der Waals surface area contributed by atoms with Crippen molar-refractivity contribution in [3.63, 3.8) is 0 Å². The van der Waals surface area contributed by atoms with Gasteiger partial charge in [-0.25, -0.2) is 9.18 Å². The predicted molar refractivity (Wildman–Crippen MR) is 103 cm³/mol. The van der Waals surface area contributed by atoms with E-state index in [9.17, 15) is 9.18 Å². The molecule has 1 aromatic heterocycles. The lowest BCUT2D eigenvalue weighted by Gasteiger charge is -2.08. The highest BCUT2D eigenvalue weighted by Crippen LogP contribution is 2.19. The van der Waals surface area contributed by atoms with E-state index in [1.54, 1.807) is 13.0 Å². The van der Waals surface area contributed by atoms with Crippen LogP contribution in [0, 0.1) is 12.7 Å². The average Bonchev–Trinajstić information content (AvgIpc) is 3.32. The number of aromatic nitrogens is 3. The van der Waals surface area contributed by atoms with Crippen molar-refractivity contribution in [2.75, 3.05) is 20.2 Å². The number of aryl methyl sites for hydroxylation is 1. The van der Waals surface area contributed by atoms with Gasteiger partial charge in [0.1, 0.15) is 17.4 Å². The number of nitrogens with zero attached hydrogens (tertiary/aromatic N) is 3. The second-order valence-corrected chi connectivity index (χ2v) is 6.88. The Morgan fingerprint density at radius 3 is 2.57 bits per heavy atom. The van der Waals surface area contributed by atoms with Crippen LogP contribution >= 0.6 is 0 Å². The first-order chi connectivity index (χ1) is 13.5.